The number of imidazole rings is 1. The Kier molecular flexibility index (Phi) is 6.47. The van der Waals surface area contributed by atoms with E-state index in [1.54, 1.807) is 0 Å². The molecule has 6 nitrogen and oxygen atoms in total. The van der Waals surface area contributed by atoms with E-state index in [4.69, 9.17) is 9.47 Å². The molecule has 0 unspecified atom stereocenters. The number of carbonyl (C=O) groups excluding carboxylic acids is 1. The van der Waals surface area contributed by atoms with Crippen LogP contribution in [0.4, 0.5) is 5.69 Å². The van der Waals surface area contributed by atoms with Crippen molar-refractivity contribution in [2.45, 2.75) is 26.4 Å². The van der Waals surface area contributed by atoms with Crippen LogP contribution >= 0.6 is 0 Å². The fraction of sp³-hybridized carbons (Fsp3) is 0.200. The molecule has 2 aromatic carbocycles. The second-order valence-electron chi connectivity index (χ2n) is 7.10. The van der Waals surface area contributed by atoms with E-state index in [0.717, 1.165) is 22.7 Å². The summed E-state index contributed by atoms with van der Waals surface area (Å²) in [4.78, 5) is 17.0. The zero-order chi connectivity index (χ0) is 21.5. The largest absolute Gasteiger partial charge is 0.494 e. The van der Waals surface area contributed by atoms with Crippen molar-refractivity contribution < 1.29 is 14.3 Å². The monoisotopic (exact) mass is 415 g/mol. The highest BCUT2D eigenvalue weighted by Crippen LogP contribution is 2.21. The van der Waals surface area contributed by atoms with Crippen LogP contribution in [0.3, 0.4) is 0 Å². The molecule has 0 saturated carbocycles. The van der Waals surface area contributed by atoms with Gasteiger partial charge in [0.2, 0.25) is 5.91 Å². The number of ether oxygens (including phenoxy) is 2. The van der Waals surface area contributed by atoms with E-state index in [-0.39, 0.29) is 5.91 Å². The van der Waals surface area contributed by atoms with Crippen molar-refractivity contribution in [1.29, 1.82) is 0 Å². The number of carbonyl (C=O) groups is 1. The van der Waals surface area contributed by atoms with Crippen LogP contribution in [-0.4, -0.2) is 21.9 Å². The number of aromatic nitrogens is 2. The van der Waals surface area contributed by atoms with Gasteiger partial charge in [0, 0.05) is 30.6 Å². The molecule has 1 N–H and O–H groups in total. The topological polar surface area (TPSA) is 64.9 Å². The Morgan fingerprint density at radius 1 is 1.03 bits per heavy atom. The van der Waals surface area contributed by atoms with Crippen molar-refractivity contribution in [3.63, 3.8) is 0 Å². The van der Waals surface area contributed by atoms with Crippen LogP contribution < -0.4 is 14.8 Å². The number of hydrogen-bond acceptors (Lipinski definition) is 4. The average Bonchev–Trinajstić information content (AvgIpc) is 3.21. The van der Waals surface area contributed by atoms with Crippen LogP contribution in [0.25, 0.3) is 5.65 Å². The SMILES string of the molecule is CCOc1ccccc1CCC(=O)Nc1cccc(OCc2cn3ccccc3n2)c1. The van der Waals surface area contributed by atoms with E-state index in [1.165, 1.54) is 0 Å². The molecule has 0 atom stereocenters. The lowest BCUT2D eigenvalue weighted by molar-refractivity contribution is -0.116. The van der Waals surface area contributed by atoms with Crippen LogP contribution in [0.2, 0.25) is 0 Å². The van der Waals surface area contributed by atoms with Gasteiger partial charge in [-0.25, -0.2) is 4.98 Å². The van der Waals surface area contributed by atoms with Gasteiger partial charge in [-0.2, -0.15) is 0 Å². The molecule has 2 heterocycles. The number of aryl methyl sites for hydroxylation is 1. The molecule has 0 radical (unpaired) electrons. The summed E-state index contributed by atoms with van der Waals surface area (Å²) in [7, 11) is 0. The van der Waals surface area contributed by atoms with Crippen molar-refractivity contribution in [2.75, 3.05) is 11.9 Å². The van der Waals surface area contributed by atoms with E-state index in [0.29, 0.717) is 37.5 Å². The van der Waals surface area contributed by atoms with Crippen LogP contribution in [0, 0.1) is 0 Å². The van der Waals surface area contributed by atoms with Crippen molar-refractivity contribution in [2.24, 2.45) is 0 Å². The molecule has 0 fully saturated rings. The highest BCUT2D eigenvalue weighted by molar-refractivity contribution is 5.91. The third-order valence-corrected chi connectivity index (χ3v) is 4.81. The van der Waals surface area contributed by atoms with E-state index >= 15 is 0 Å². The maximum Gasteiger partial charge on any atom is 0.224 e. The molecule has 0 aliphatic rings. The highest BCUT2D eigenvalue weighted by Gasteiger charge is 2.08. The Hall–Kier alpha value is -3.80. The first kappa shape index (κ1) is 20.5. The number of nitrogens with zero attached hydrogens (tertiary/aromatic N) is 2. The molecule has 0 aliphatic heterocycles. The maximum atomic E-state index is 12.4. The fourth-order valence-corrected chi connectivity index (χ4v) is 3.36. The van der Waals surface area contributed by atoms with Gasteiger partial charge in [0.05, 0.1) is 12.3 Å². The Labute approximate surface area is 181 Å². The van der Waals surface area contributed by atoms with Gasteiger partial charge in [0.15, 0.2) is 0 Å². The lowest BCUT2D eigenvalue weighted by Gasteiger charge is -2.11. The molecule has 2 aromatic heterocycles. The van der Waals surface area contributed by atoms with Crippen LogP contribution in [0.1, 0.15) is 24.6 Å². The number of fused-ring (bicyclic) bond motifs is 1. The zero-order valence-electron chi connectivity index (χ0n) is 17.5. The quantitative estimate of drug-likeness (QED) is 0.423. The second-order valence-corrected chi connectivity index (χ2v) is 7.10. The van der Waals surface area contributed by atoms with Crippen molar-refractivity contribution in [1.82, 2.24) is 9.38 Å². The zero-order valence-corrected chi connectivity index (χ0v) is 17.5. The summed E-state index contributed by atoms with van der Waals surface area (Å²) >= 11 is 0. The summed E-state index contributed by atoms with van der Waals surface area (Å²) in [6.07, 6.45) is 4.89. The summed E-state index contributed by atoms with van der Waals surface area (Å²) in [5.41, 5.74) is 3.46. The van der Waals surface area contributed by atoms with Gasteiger partial charge in [-0.05, 0) is 49.2 Å². The molecule has 4 aromatic rings. The first-order valence-electron chi connectivity index (χ1n) is 10.4. The minimum atomic E-state index is -0.0520. The highest BCUT2D eigenvalue weighted by atomic mass is 16.5. The molecule has 0 bridgehead atoms. The number of anilines is 1. The third kappa shape index (κ3) is 5.42. The van der Waals surface area contributed by atoms with E-state index < -0.39 is 0 Å². The Morgan fingerprint density at radius 3 is 2.77 bits per heavy atom. The van der Waals surface area contributed by atoms with Gasteiger partial charge in [0.25, 0.3) is 0 Å². The third-order valence-electron chi connectivity index (χ3n) is 4.81. The summed E-state index contributed by atoms with van der Waals surface area (Å²) < 4.78 is 13.5. The number of para-hydroxylation sites is 1. The van der Waals surface area contributed by atoms with Gasteiger partial charge >= 0.3 is 0 Å². The summed E-state index contributed by atoms with van der Waals surface area (Å²) in [6.45, 7) is 2.91. The molecule has 6 heteroatoms. The van der Waals surface area contributed by atoms with Gasteiger partial charge in [-0.15, -0.1) is 0 Å². The standard InChI is InChI=1S/C25H25N3O3/c1-2-30-23-11-4-3-8-19(23)13-14-25(29)27-20-9-7-10-22(16-20)31-18-21-17-28-15-6-5-12-24(28)26-21/h3-12,15-17H,2,13-14,18H2,1H3,(H,27,29). The lowest BCUT2D eigenvalue weighted by atomic mass is 10.1. The van der Waals surface area contributed by atoms with E-state index in [2.05, 4.69) is 10.3 Å². The molecule has 4 rings (SSSR count). The molecular formula is C25H25N3O3. The second kappa shape index (κ2) is 9.80. The first-order chi connectivity index (χ1) is 15.2. The van der Waals surface area contributed by atoms with Gasteiger partial charge in [0.1, 0.15) is 23.8 Å². The fourth-order valence-electron chi connectivity index (χ4n) is 3.36. The predicted octanol–water partition coefficient (Wildman–Crippen LogP) is 4.88. The Balaban J connectivity index is 1.32. The van der Waals surface area contributed by atoms with Crippen LogP contribution in [-0.2, 0) is 17.8 Å². The lowest BCUT2D eigenvalue weighted by Crippen LogP contribution is -2.12. The summed E-state index contributed by atoms with van der Waals surface area (Å²) in [5, 5.41) is 2.94. The van der Waals surface area contributed by atoms with Crippen LogP contribution in [0.5, 0.6) is 11.5 Å². The molecule has 0 aliphatic carbocycles. The number of nitrogens with one attached hydrogen (secondary N) is 1. The van der Waals surface area contributed by atoms with Crippen molar-refractivity contribution >= 4 is 17.2 Å². The molecule has 31 heavy (non-hydrogen) atoms. The number of pyridine rings is 1. The minimum absolute atomic E-state index is 0.0520. The Morgan fingerprint density at radius 2 is 1.90 bits per heavy atom. The minimum Gasteiger partial charge on any atom is -0.494 e. The molecule has 0 spiro atoms. The normalized spacial score (nSPS) is 10.7. The average molecular weight is 415 g/mol. The van der Waals surface area contributed by atoms with Gasteiger partial charge in [-0.1, -0.05) is 30.3 Å². The summed E-state index contributed by atoms with van der Waals surface area (Å²) in [6, 6.07) is 21.1. The summed E-state index contributed by atoms with van der Waals surface area (Å²) in [5.74, 6) is 1.46. The number of hydrogen-bond donors (Lipinski definition) is 1. The van der Waals surface area contributed by atoms with Crippen molar-refractivity contribution in [3.8, 4) is 11.5 Å². The molecular weight excluding hydrogens is 390 g/mol. The molecule has 0 saturated heterocycles. The predicted molar refractivity (Wildman–Crippen MR) is 121 cm³/mol. The number of benzene rings is 2. The van der Waals surface area contributed by atoms with E-state index in [1.807, 2.05) is 90.4 Å². The number of rotatable bonds is 9. The van der Waals surface area contributed by atoms with E-state index in [9.17, 15) is 4.79 Å². The number of amides is 1. The first-order valence-corrected chi connectivity index (χ1v) is 10.4. The molecule has 1 amide bonds. The molecule has 158 valence electrons. The smallest absolute Gasteiger partial charge is 0.224 e. The maximum absolute atomic E-state index is 12.4. The van der Waals surface area contributed by atoms with Gasteiger partial charge in [-0.3, -0.25) is 4.79 Å². The Bertz CT molecular complexity index is 1140. The van der Waals surface area contributed by atoms with Gasteiger partial charge < -0.3 is 19.2 Å². The van der Waals surface area contributed by atoms with Crippen molar-refractivity contribution in [3.05, 3.63) is 90.4 Å². The van der Waals surface area contributed by atoms with Crippen LogP contribution in [0.15, 0.2) is 79.1 Å².